The third-order valence-electron chi connectivity index (χ3n) is 2.19. The van der Waals surface area contributed by atoms with Crippen LogP contribution >= 0.6 is 0 Å². The van der Waals surface area contributed by atoms with Crippen molar-refractivity contribution in [2.24, 2.45) is 5.92 Å². The molecule has 1 atom stereocenters. The van der Waals surface area contributed by atoms with E-state index >= 15 is 0 Å². The van der Waals surface area contributed by atoms with Crippen LogP contribution in [0.4, 0.5) is 0 Å². The summed E-state index contributed by atoms with van der Waals surface area (Å²) in [6.07, 6.45) is 5.73. The number of aliphatic carboxylic acids is 1. The van der Waals surface area contributed by atoms with Crippen molar-refractivity contribution in [2.75, 3.05) is 19.7 Å². The third-order valence-corrected chi connectivity index (χ3v) is 2.19. The van der Waals surface area contributed by atoms with Gasteiger partial charge in [-0.3, -0.25) is 0 Å². The minimum Gasteiger partial charge on any atom is -0.478 e. The molecular weight excluding hydrogens is 194 g/mol. The first-order chi connectivity index (χ1) is 7.20. The van der Waals surface area contributed by atoms with E-state index in [0.29, 0.717) is 12.5 Å². The number of carbonyl (C=O) groups is 1. The number of carboxylic acid groups (broad SMARTS) is 1. The Balaban J connectivity index is 3.56. The molecule has 0 amide bonds. The Kier molecular flexibility index (Phi) is 9.11. The SMILES string of the molecule is CCCC(CCO)CNC/C=C/C(=O)O. The Hall–Kier alpha value is -0.870. The number of nitrogens with one attached hydrogen (secondary N) is 1. The van der Waals surface area contributed by atoms with Crippen LogP contribution in [0.3, 0.4) is 0 Å². The highest BCUT2D eigenvalue weighted by atomic mass is 16.4. The van der Waals surface area contributed by atoms with Crippen molar-refractivity contribution >= 4 is 5.97 Å². The van der Waals surface area contributed by atoms with Crippen molar-refractivity contribution in [2.45, 2.75) is 26.2 Å². The van der Waals surface area contributed by atoms with E-state index in [1.54, 1.807) is 6.08 Å². The topological polar surface area (TPSA) is 69.6 Å². The number of aliphatic hydroxyl groups excluding tert-OH is 1. The number of carboxylic acids is 1. The van der Waals surface area contributed by atoms with Gasteiger partial charge in [-0.1, -0.05) is 19.4 Å². The minimum atomic E-state index is -0.919. The van der Waals surface area contributed by atoms with Gasteiger partial charge in [0.1, 0.15) is 0 Å². The first-order valence-corrected chi connectivity index (χ1v) is 5.41. The molecule has 0 aromatic rings. The highest BCUT2D eigenvalue weighted by Gasteiger charge is 2.05. The molecule has 0 rings (SSSR count). The summed E-state index contributed by atoms with van der Waals surface area (Å²) in [5.41, 5.74) is 0. The first-order valence-electron chi connectivity index (χ1n) is 5.41. The molecule has 88 valence electrons. The van der Waals surface area contributed by atoms with E-state index in [0.717, 1.165) is 31.9 Å². The Morgan fingerprint density at radius 3 is 2.73 bits per heavy atom. The van der Waals surface area contributed by atoms with E-state index in [1.165, 1.54) is 0 Å². The van der Waals surface area contributed by atoms with E-state index in [9.17, 15) is 4.79 Å². The first kappa shape index (κ1) is 14.1. The molecular formula is C11H21NO3. The second kappa shape index (κ2) is 9.68. The molecule has 0 aliphatic heterocycles. The lowest BCUT2D eigenvalue weighted by atomic mass is 10.0. The van der Waals surface area contributed by atoms with Gasteiger partial charge < -0.3 is 15.5 Å². The summed E-state index contributed by atoms with van der Waals surface area (Å²) >= 11 is 0. The zero-order chi connectivity index (χ0) is 11.5. The van der Waals surface area contributed by atoms with Crippen LogP contribution < -0.4 is 5.32 Å². The zero-order valence-electron chi connectivity index (χ0n) is 9.28. The van der Waals surface area contributed by atoms with Gasteiger partial charge in [0.25, 0.3) is 0 Å². The fourth-order valence-electron chi connectivity index (χ4n) is 1.47. The summed E-state index contributed by atoms with van der Waals surface area (Å²) in [5, 5.41) is 20.3. The molecule has 0 spiro atoms. The van der Waals surface area contributed by atoms with Crippen LogP contribution in [0.5, 0.6) is 0 Å². The number of hydrogen-bond acceptors (Lipinski definition) is 3. The van der Waals surface area contributed by atoms with Gasteiger partial charge in [-0.25, -0.2) is 4.79 Å². The highest BCUT2D eigenvalue weighted by molar-refractivity contribution is 5.79. The van der Waals surface area contributed by atoms with Crippen LogP contribution in [0.1, 0.15) is 26.2 Å². The Morgan fingerprint density at radius 2 is 2.20 bits per heavy atom. The normalized spacial score (nSPS) is 13.2. The quantitative estimate of drug-likeness (QED) is 0.396. The standard InChI is InChI=1S/C11H21NO3/c1-2-4-10(6-8-13)9-12-7-3-5-11(14)15/h3,5,10,12-13H,2,4,6-9H2,1H3,(H,14,15)/b5-3+. The van der Waals surface area contributed by atoms with Gasteiger partial charge in [-0.2, -0.15) is 0 Å². The lowest BCUT2D eigenvalue weighted by Gasteiger charge is -2.14. The summed E-state index contributed by atoms with van der Waals surface area (Å²) in [7, 11) is 0. The molecule has 0 aliphatic carbocycles. The molecule has 0 heterocycles. The van der Waals surface area contributed by atoms with E-state index in [-0.39, 0.29) is 6.61 Å². The van der Waals surface area contributed by atoms with Crippen molar-refractivity contribution < 1.29 is 15.0 Å². The maximum atomic E-state index is 10.2. The van der Waals surface area contributed by atoms with E-state index < -0.39 is 5.97 Å². The minimum absolute atomic E-state index is 0.220. The number of aliphatic hydroxyl groups is 1. The molecule has 0 radical (unpaired) electrons. The predicted octanol–water partition coefficient (Wildman–Crippen LogP) is 1.02. The molecule has 0 aliphatic rings. The summed E-state index contributed by atoms with van der Waals surface area (Å²) in [5.74, 6) is -0.435. The Bertz CT molecular complexity index is 186. The molecule has 4 nitrogen and oxygen atoms in total. The third kappa shape index (κ3) is 9.43. The van der Waals surface area contributed by atoms with E-state index in [1.807, 2.05) is 0 Å². The molecule has 15 heavy (non-hydrogen) atoms. The van der Waals surface area contributed by atoms with Crippen LogP contribution in [0.25, 0.3) is 0 Å². The van der Waals surface area contributed by atoms with Gasteiger partial charge in [0, 0.05) is 19.2 Å². The number of rotatable bonds is 9. The highest BCUT2D eigenvalue weighted by Crippen LogP contribution is 2.08. The van der Waals surface area contributed by atoms with Crippen LogP contribution in [0, 0.1) is 5.92 Å². The van der Waals surface area contributed by atoms with Crippen LogP contribution in [0.2, 0.25) is 0 Å². The fraction of sp³-hybridized carbons (Fsp3) is 0.727. The Morgan fingerprint density at radius 1 is 1.47 bits per heavy atom. The van der Waals surface area contributed by atoms with Crippen molar-refractivity contribution in [1.29, 1.82) is 0 Å². The van der Waals surface area contributed by atoms with Gasteiger partial charge in [0.15, 0.2) is 0 Å². The maximum absolute atomic E-state index is 10.2. The average molecular weight is 215 g/mol. The average Bonchev–Trinajstić information content (AvgIpc) is 2.17. The van der Waals surface area contributed by atoms with Gasteiger partial charge >= 0.3 is 5.97 Å². The van der Waals surface area contributed by atoms with Gasteiger partial charge in [0.2, 0.25) is 0 Å². The van der Waals surface area contributed by atoms with Crippen molar-refractivity contribution in [3.05, 3.63) is 12.2 Å². The van der Waals surface area contributed by atoms with E-state index in [4.69, 9.17) is 10.2 Å². The molecule has 0 saturated carbocycles. The van der Waals surface area contributed by atoms with Gasteiger partial charge in [-0.15, -0.1) is 0 Å². The zero-order valence-corrected chi connectivity index (χ0v) is 9.28. The van der Waals surface area contributed by atoms with Gasteiger partial charge in [-0.05, 0) is 25.3 Å². The van der Waals surface area contributed by atoms with Gasteiger partial charge in [0.05, 0.1) is 0 Å². The summed E-state index contributed by atoms with van der Waals surface area (Å²) < 4.78 is 0. The van der Waals surface area contributed by atoms with Crippen molar-refractivity contribution in [3.8, 4) is 0 Å². The maximum Gasteiger partial charge on any atom is 0.328 e. The van der Waals surface area contributed by atoms with Crippen LogP contribution in [-0.2, 0) is 4.79 Å². The van der Waals surface area contributed by atoms with Crippen LogP contribution in [0.15, 0.2) is 12.2 Å². The fourth-order valence-corrected chi connectivity index (χ4v) is 1.47. The molecule has 0 bridgehead atoms. The molecule has 0 fully saturated rings. The summed E-state index contributed by atoms with van der Waals surface area (Å²) in [6, 6.07) is 0. The van der Waals surface area contributed by atoms with Crippen LogP contribution in [-0.4, -0.2) is 35.9 Å². The predicted molar refractivity (Wildman–Crippen MR) is 59.7 cm³/mol. The molecule has 4 heteroatoms. The number of hydrogen-bond donors (Lipinski definition) is 3. The monoisotopic (exact) mass is 215 g/mol. The lowest BCUT2D eigenvalue weighted by molar-refractivity contribution is -0.131. The largest absolute Gasteiger partial charge is 0.478 e. The molecule has 0 aromatic heterocycles. The second-order valence-corrected chi connectivity index (χ2v) is 3.57. The van der Waals surface area contributed by atoms with Crippen molar-refractivity contribution in [3.63, 3.8) is 0 Å². The molecule has 1 unspecified atom stereocenters. The summed E-state index contributed by atoms with van der Waals surface area (Å²) in [6.45, 7) is 3.74. The van der Waals surface area contributed by atoms with E-state index in [2.05, 4.69) is 12.2 Å². The smallest absolute Gasteiger partial charge is 0.328 e. The van der Waals surface area contributed by atoms with Crippen molar-refractivity contribution in [1.82, 2.24) is 5.32 Å². The summed E-state index contributed by atoms with van der Waals surface area (Å²) in [4.78, 5) is 10.2. The lowest BCUT2D eigenvalue weighted by Crippen LogP contribution is -2.23. The molecule has 0 aromatic carbocycles. The molecule has 0 saturated heterocycles. The molecule has 3 N–H and O–H groups in total. The Labute approximate surface area is 91.0 Å². The second-order valence-electron chi connectivity index (χ2n) is 3.57.